The summed E-state index contributed by atoms with van der Waals surface area (Å²) in [5, 5.41) is 11.4. The molecule has 0 bridgehead atoms. The number of hydrogen-bond donors (Lipinski definition) is 1. The minimum atomic E-state index is -3.60. The largest absolute Gasteiger partial charge is 0.369 e. The van der Waals surface area contributed by atoms with Crippen LogP contribution in [0.1, 0.15) is 6.92 Å². The van der Waals surface area contributed by atoms with Crippen LogP contribution in [-0.4, -0.2) is 55.6 Å². The molecule has 1 aliphatic rings. The van der Waals surface area contributed by atoms with Gasteiger partial charge in [-0.2, -0.15) is 4.31 Å². The van der Waals surface area contributed by atoms with E-state index >= 15 is 0 Å². The summed E-state index contributed by atoms with van der Waals surface area (Å²) in [6, 6.07) is 8.63. The molecule has 2 heterocycles. The van der Waals surface area contributed by atoms with Gasteiger partial charge in [0.15, 0.2) is 5.82 Å². The van der Waals surface area contributed by atoms with Gasteiger partial charge in [-0.25, -0.2) is 12.8 Å². The van der Waals surface area contributed by atoms with Crippen LogP contribution >= 0.6 is 0 Å². The van der Waals surface area contributed by atoms with Gasteiger partial charge in [-0.3, -0.25) is 0 Å². The second kappa shape index (κ2) is 7.32. The lowest BCUT2D eigenvalue weighted by Gasteiger charge is -2.34. The third-order valence-corrected chi connectivity index (χ3v) is 5.94. The Labute approximate surface area is 146 Å². The maximum absolute atomic E-state index is 13.0. The van der Waals surface area contributed by atoms with E-state index in [4.69, 9.17) is 0 Å². The fraction of sp³-hybridized carbons (Fsp3) is 0.375. The molecule has 0 saturated carbocycles. The Morgan fingerprint density at radius 2 is 1.72 bits per heavy atom. The van der Waals surface area contributed by atoms with Crippen LogP contribution in [0, 0.1) is 5.82 Å². The van der Waals surface area contributed by atoms with Gasteiger partial charge in [0, 0.05) is 32.7 Å². The van der Waals surface area contributed by atoms with Crippen molar-refractivity contribution in [1.82, 2.24) is 14.5 Å². The van der Waals surface area contributed by atoms with Gasteiger partial charge in [-0.1, -0.05) is 0 Å². The van der Waals surface area contributed by atoms with Crippen LogP contribution < -0.4 is 10.2 Å². The van der Waals surface area contributed by atoms with Crippen molar-refractivity contribution < 1.29 is 12.8 Å². The molecule has 1 aromatic carbocycles. The molecule has 1 aromatic heterocycles. The number of hydrogen-bond acceptors (Lipinski definition) is 6. The lowest BCUT2D eigenvalue weighted by Crippen LogP contribution is -2.49. The number of anilines is 2. The first-order valence-corrected chi connectivity index (χ1v) is 9.53. The highest BCUT2D eigenvalue weighted by atomic mass is 32.2. The fourth-order valence-corrected chi connectivity index (χ4v) is 4.10. The maximum Gasteiger partial charge on any atom is 0.243 e. The van der Waals surface area contributed by atoms with Gasteiger partial charge < -0.3 is 10.2 Å². The number of sulfonamides is 1. The van der Waals surface area contributed by atoms with E-state index in [9.17, 15) is 12.8 Å². The quantitative estimate of drug-likeness (QED) is 0.866. The third-order valence-electron chi connectivity index (χ3n) is 4.02. The SMILES string of the molecule is CCNc1ccc(N2CCN(S(=O)(=O)c3ccc(F)cc3)CC2)nn1. The van der Waals surface area contributed by atoms with E-state index in [1.54, 1.807) is 0 Å². The Balaban J connectivity index is 1.65. The number of halogens is 1. The van der Waals surface area contributed by atoms with E-state index in [-0.39, 0.29) is 4.90 Å². The number of piperazine rings is 1. The Morgan fingerprint density at radius 1 is 1.04 bits per heavy atom. The highest BCUT2D eigenvalue weighted by Crippen LogP contribution is 2.20. The second-order valence-electron chi connectivity index (χ2n) is 5.65. The van der Waals surface area contributed by atoms with E-state index in [0.717, 1.165) is 24.5 Å². The summed E-state index contributed by atoms with van der Waals surface area (Å²) in [4.78, 5) is 2.11. The van der Waals surface area contributed by atoms with Crippen molar-refractivity contribution in [3.8, 4) is 0 Å². The summed E-state index contributed by atoms with van der Waals surface area (Å²) in [6.07, 6.45) is 0. The minimum Gasteiger partial charge on any atom is -0.369 e. The number of benzene rings is 1. The maximum atomic E-state index is 13.0. The summed E-state index contributed by atoms with van der Waals surface area (Å²) in [7, 11) is -3.60. The average molecular weight is 365 g/mol. The molecule has 1 saturated heterocycles. The fourth-order valence-electron chi connectivity index (χ4n) is 2.68. The first kappa shape index (κ1) is 17.6. The molecule has 0 atom stereocenters. The Morgan fingerprint density at radius 3 is 2.28 bits per heavy atom. The molecule has 7 nitrogen and oxygen atoms in total. The first-order valence-electron chi connectivity index (χ1n) is 8.09. The van der Waals surface area contributed by atoms with Crippen LogP contribution in [0.2, 0.25) is 0 Å². The van der Waals surface area contributed by atoms with Gasteiger partial charge in [0.2, 0.25) is 10.0 Å². The van der Waals surface area contributed by atoms with E-state index < -0.39 is 15.8 Å². The zero-order valence-electron chi connectivity index (χ0n) is 13.9. The van der Waals surface area contributed by atoms with Crippen molar-refractivity contribution >= 4 is 21.7 Å². The highest BCUT2D eigenvalue weighted by Gasteiger charge is 2.29. The molecule has 2 aromatic rings. The van der Waals surface area contributed by atoms with Crippen LogP contribution in [0.5, 0.6) is 0 Å². The van der Waals surface area contributed by atoms with Crippen LogP contribution in [0.15, 0.2) is 41.3 Å². The minimum absolute atomic E-state index is 0.108. The van der Waals surface area contributed by atoms with Gasteiger partial charge in [0.1, 0.15) is 11.6 Å². The number of aromatic nitrogens is 2. The summed E-state index contributed by atoms with van der Waals surface area (Å²) in [5.74, 6) is 0.979. The van der Waals surface area contributed by atoms with Gasteiger partial charge >= 0.3 is 0 Å². The normalized spacial score (nSPS) is 16.0. The molecule has 0 unspecified atom stereocenters. The van der Waals surface area contributed by atoms with Crippen LogP contribution in [-0.2, 0) is 10.0 Å². The van der Waals surface area contributed by atoms with E-state index in [0.29, 0.717) is 32.0 Å². The molecular weight excluding hydrogens is 345 g/mol. The predicted octanol–water partition coefficient (Wildman–Crippen LogP) is 1.56. The molecule has 1 aliphatic heterocycles. The zero-order valence-corrected chi connectivity index (χ0v) is 14.7. The smallest absolute Gasteiger partial charge is 0.243 e. The molecule has 1 N–H and O–H groups in total. The molecule has 0 radical (unpaired) electrons. The molecular formula is C16H20FN5O2S. The molecule has 9 heteroatoms. The Hall–Kier alpha value is -2.26. The standard InChI is InChI=1S/C16H20FN5O2S/c1-2-18-15-7-8-16(20-19-15)21-9-11-22(12-10-21)25(23,24)14-5-3-13(17)4-6-14/h3-8H,2,9-12H2,1H3,(H,18,19). The molecule has 3 rings (SSSR count). The number of nitrogens with one attached hydrogen (secondary N) is 1. The molecule has 25 heavy (non-hydrogen) atoms. The molecule has 0 aliphatic carbocycles. The number of rotatable bonds is 5. The van der Waals surface area contributed by atoms with Crippen LogP contribution in [0.25, 0.3) is 0 Å². The zero-order chi connectivity index (χ0) is 17.9. The lowest BCUT2D eigenvalue weighted by molar-refractivity contribution is 0.383. The van der Waals surface area contributed by atoms with Crippen molar-refractivity contribution in [2.24, 2.45) is 0 Å². The first-order chi connectivity index (χ1) is 12.0. The summed E-state index contributed by atoms with van der Waals surface area (Å²) in [6.45, 7) is 4.49. The number of nitrogens with zero attached hydrogens (tertiary/aromatic N) is 4. The van der Waals surface area contributed by atoms with Crippen molar-refractivity contribution in [3.63, 3.8) is 0 Å². The average Bonchev–Trinajstić information content (AvgIpc) is 2.63. The van der Waals surface area contributed by atoms with Gasteiger partial charge in [0.05, 0.1) is 4.90 Å². The molecule has 1 fully saturated rings. The molecule has 134 valence electrons. The topological polar surface area (TPSA) is 78.4 Å². The Kier molecular flexibility index (Phi) is 5.14. The monoisotopic (exact) mass is 365 g/mol. The van der Waals surface area contributed by atoms with Crippen molar-refractivity contribution in [2.45, 2.75) is 11.8 Å². The van der Waals surface area contributed by atoms with E-state index in [1.807, 2.05) is 24.0 Å². The Bertz CT molecular complexity index is 803. The molecule has 0 amide bonds. The van der Waals surface area contributed by atoms with Crippen molar-refractivity contribution in [1.29, 1.82) is 0 Å². The summed E-state index contributed by atoms with van der Waals surface area (Å²) in [5.41, 5.74) is 0. The van der Waals surface area contributed by atoms with Crippen LogP contribution in [0.4, 0.5) is 16.0 Å². The van der Waals surface area contributed by atoms with Gasteiger partial charge in [-0.15, -0.1) is 10.2 Å². The van der Waals surface area contributed by atoms with Crippen molar-refractivity contribution in [2.75, 3.05) is 42.9 Å². The van der Waals surface area contributed by atoms with Gasteiger partial charge in [-0.05, 0) is 43.3 Å². The van der Waals surface area contributed by atoms with E-state index in [2.05, 4.69) is 15.5 Å². The molecule has 0 spiro atoms. The predicted molar refractivity (Wildman–Crippen MR) is 93.6 cm³/mol. The third kappa shape index (κ3) is 3.88. The highest BCUT2D eigenvalue weighted by molar-refractivity contribution is 7.89. The second-order valence-corrected chi connectivity index (χ2v) is 7.59. The van der Waals surface area contributed by atoms with Crippen LogP contribution in [0.3, 0.4) is 0 Å². The summed E-state index contributed by atoms with van der Waals surface area (Å²) < 4.78 is 39.6. The van der Waals surface area contributed by atoms with E-state index in [1.165, 1.54) is 16.4 Å². The lowest BCUT2D eigenvalue weighted by atomic mass is 10.3. The van der Waals surface area contributed by atoms with Crippen molar-refractivity contribution in [3.05, 3.63) is 42.2 Å². The summed E-state index contributed by atoms with van der Waals surface area (Å²) >= 11 is 0. The van der Waals surface area contributed by atoms with Gasteiger partial charge in [0.25, 0.3) is 0 Å².